The van der Waals surface area contributed by atoms with Crippen LogP contribution in [0.25, 0.3) is 76.9 Å². The second-order valence-electron chi connectivity index (χ2n) is 29.6. The monoisotopic (exact) mass is 1260 g/mol. The Labute approximate surface area is 559 Å². The fourth-order valence-electron chi connectivity index (χ4n) is 16.2. The molecule has 95 heavy (non-hydrogen) atoms. The lowest BCUT2D eigenvalue weighted by Crippen LogP contribution is -2.53. The van der Waals surface area contributed by atoms with Crippen LogP contribution in [0.15, 0.2) is 288 Å². The van der Waals surface area contributed by atoms with Crippen LogP contribution in [-0.2, 0) is 16.2 Å². The fourth-order valence-corrected chi connectivity index (χ4v) is 21.4. The van der Waals surface area contributed by atoms with E-state index in [2.05, 4.69) is 357 Å². The van der Waals surface area contributed by atoms with E-state index in [0.29, 0.717) is 0 Å². The van der Waals surface area contributed by atoms with Gasteiger partial charge in [0, 0.05) is 55.4 Å². The number of rotatable bonds is 10. The molecule has 2 heterocycles. The molecule has 1 spiro atoms. The molecule has 0 aliphatic heterocycles. The van der Waals surface area contributed by atoms with E-state index in [9.17, 15) is 0 Å². The van der Waals surface area contributed by atoms with Gasteiger partial charge >= 0.3 is 0 Å². The van der Waals surface area contributed by atoms with E-state index in [0.717, 1.165) is 78.0 Å². The Balaban J connectivity index is 0.962. The molecule has 6 heteroatoms. The van der Waals surface area contributed by atoms with Crippen LogP contribution >= 0.6 is 0 Å². The van der Waals surface area contributed by atoms with Crippen molar-refractivity contribution in [2.45, 2.75) is 84.0 Å². The van der Waals surface area contributed by atoms with E-state index >= 15 is 0 Å². The van der Waals surface area contributed by atoms with E-state index in [1.807, 2.05) is 0 Å². The number of para-hydroxylation sites is 2. The first kappa shape index (κ1) is 58.6. The van der Waals surface area contributed by atoms with Crippen molar-refractivity contribution < 1.29 is 8.83 Å². The van der Waals surface area contributed by atoms with Crippen LogP contribution < -0.4 is 30.5 Å². The number of furan rings is 2. The van der Waals surface area contributed by atoms with Crippen molar-refractivity contribution in [3.8, 4) is 22.3 Å². The van der Waals surface area contributed by atoms with Gasteiger partial charge in [-0.15, -0.1) is 0 Å². The summed E-state index contributed by atoms with van der Waals surface area (Å²) >= 11 is 0. The minimum atomic E-state index is -2.47. The number of anilines is 6. The highest BCUT2D eigenvalue weighted by Gasteiger charge is 2.53. The number of benzene rings is 13. The zero-order chi connectivity index (χ0) is 64.9. The van der Waals surface area contributed by atoms with Crippen molar-refractivity contribution >= 4 is 126 Å². The average molecular weight is 1260 g/mol. The molecule has 0 saturated carbocycles. The van der Waals surface area contributed by atoms with Gasteiger partial charge in [-0.2, -0.15) is 0 Å². The Bertz CT molecular complexity index is 5520. The van der Waals surface area contributed by atoms with E-state index in [-0.39, 0.29) is 10.8 Å². The van der Waals surface area contributed by atoms with Gasteiger partial charge in [0.25, 0.3) is 0 Å². The lowest BCUT2D eigenvalue weighted by Gasteiger charge is -2.34. The summed E-state index contributed by atoms with van der Waals surface area (Å²) in [5.74, 6) is 0. The Kier molecular flexibility index (Phi) is 13.2. The van der Waals surface area contributed by atoms with Crippen LogP contribution in [0.1, 0.15) is 74.9 Å². The minimum absolute atomic E-state index is 0.0400. The minimum Gasteiger partial charge on any atom is -0.456 e. The first-order valence-corrected chi connectivity index (χ1v) is 39.6. The molecule has 2 aliphatic carbocycles. The summed E-state index contributed by atoms with van der Waals surface area (Å²) in [5, 5.41) is 12.1. The first-order chi connectivity index (χ1) is 45.9. The van der Waals surface area contributed by atoms with Gasteiger partial charge in [-0.05, 0) is 161 Å². The van der Waals surface area contributed by atoms with Gasteiger partial charge in [-0.3, -0.25) is 0 Å². The molecule has 0 N–H and O–H groups in total. The number of hydrogen-bond acceptors (Lipinski definition) is 4. The standard InChI is InChI=1S/C89H76N2O2Si2/c1-87(2,3)57-41-45-59(46-42-57)90(62-51-73-69-34-21-25-39-80(69)92-85(73)82(54-62)94(7,8)64-27-13-11-14-28-64)61-49-50-72-77(53-61)89(75-37-23-19-31-66(75)67-32-20-24-38-76(67)89)78-56-79(68-33-17-18-36-71(68)84(72)78)91(60-47-43-58(44-48-60)88(4,5)6)63-52-74-70-35-22-26-40-81(70)93-86(74)83(55-63)95(9,10)65-29-15-12-16-30-65/h11-56H,1-10H3. The van der Waals surface area contributed by atoms with Gasteiger partial charge in [0.1, 0.15) is 38.5 Å². The Morgan fingerprint density at radius 3 is 1.21 bits per heavy atom. The molecule has 0 amide bonds. The molecule has 15 aromatic rings. The van der Waals surface area contributed by atoms with Crippen molar-refractivity contribution in [2.24, 2.45) is 0 Å². The highest BCUT2D eigenvalue weighted by Crippen LogP contribution is 2.66. The van der Waals surface area contributed by atoms with E-state index < -0.39 is 21.6 Å². The molecule has 0 bridgehead atoms. The smallest absolute Gasteiger partial charge is 0.135 e. The van der Waals surface area contributed by atoms with Crippen LogP contribution in [0.4, 0.5) is 34.1 Å². The number of hydrogen-bond donors (Lipinski definition) is 0. The topological polar surface area (TPSA) is 32.8 Å². The second-order valence-corrected chi connectivity index (χ2v) is 38.4. The van der Waals surface area contributed by atoms with Crippen molar-refractivity contribution in [1.29, 1.82) is 0 Å². The second kappa shape index (κ2) is 21.4. The molecule has 0 fully saturated rings. The van der Waals surface area contributed by atoms with E-state index in [1.165, 1.54) is 87.2 Å². The predicted octanol–water partition coefficient (Wildman–Crippen LogP) is 22.2. The largest absolute Gasteiger partial charge is 0.456 e. The molecule has 0 saturated heterocycles. The van der Waals surface area contributed by atoms with E-state index in [1.54, 1.807) is 0 Å². The van der Waals surface area contributed by atoms with Crippen LogP contribution in [0.5, 0.6) is 0 Å². The number of fused-ring (bicyclic) bond motifs is 18. The normalized spacial score (nSPS) is 13.5. The molecule has 2 aromatic heterocycles. The fraction of sp³-hybridized carbons (Fsp3) is 0.146. The zero-order valence-corrected chi connectivity index (χ0v) is 57.8. The number of nitrogens with zero attached hydrogens (tertiary/aromatic N) is 2. The Morgan fingerprint density at radius 2 is 0.716 bits per heavy atom. The molecule has 13 aromatic carbocycles. The third kappa shape index (κ3) is 8.97. The maximum Gasteiger partial charge on any atom is 0.135 e. The van der Waals surface area contributed by atoms with Crippen molar-refractivity contribution in [1.82, 2.24) is 0 Å². The Hall–Kier alpha value is -10.2. The third-order valence-electron chi connectivity index (χ3n) is 21.3. The van der Waals surface area contributed by atoms with Gasteiger partial charge in [-0.1, -0.05) is 278 Å². The van der Waals surface area contributed by atoms with Crippen LogP contribution in [0.2, 0.25) is 26.2 Å². The summed E-state index contributed by atoms with van der Waals surface area (Å²) in [6.45, 7) is 23.8. The molecule has 2 aliphatic rings. The summed E-state index contributed by atoms with van der Waals surface area (Å²) in [6, 6.07) is 106. The zero-order valence-electron chi connectivity index (χ0n) is 55.8. The lowest BCUT2D eigenvalue weighted by molar-refractivity contribution is 0.590. The van der Waals surface area contributed by atoms with Crippen LogP contribution in [0, 0.1) is 0 Å². The molecule has 0 radical (unpaired) electrons. The molecule has 462 valence electrons. The first-order valence-electron chi connectivity index (χ1n) is 33.6. The summed E-state index contributed by atoms with van der Waals surface area (Å²) in [7, 11) is -4.91. The quantitative estimate of drug-likeness (QED) is 0.128. The van der Waals surface area contributed by atoms with Crippen molar-refractivity contribution in [3.63, 3.8) is 0 Å². The highest BCUT2D eigenvalue weighted by molar-refractivity contribution is 7.02. The molecular formula is C89H76N2O2Si2. The summed E-state index contributed by atoms with van der Waals surface area (Å²) in [4.78, 5) is 5.12. The van der Waals surface area contributed by atoms with Gasteiger partial charge in [0.05, 0.1) is 11.1 Å². The SMILES string of the molecule is CC(C)(C)c1ccc(N(c2ccc3c(c2)C2(c4ccccc4-c4ccccc42)c2cc(N(c4ccc(C(C)(C)C)cc4)c4cc([Si](C)(C)c5ccccc5)c5oc6ccccc6c5c4)c4ccccc4c2-3)c2cc([Si](C)(C)c3ccccc3)c3oc4ccccc4c3c2)cc1. The van der Waals surface area contributed by atoms with Gasteiger partial charge in [-0.25, -0.2) is 0 Å². The molecular weight excluding hydrogens is 1190 g/mol. The molecule has 0 unspecified atom stereocenters. The van der Waals surface area contributed by atoms with Gasteiger partial charge in [0.2, 0.25) is 0 Å². The summed E-state index contributed by atoms with van der Waals surface area (Å²) in [6.07, 6.45) is 0. The Morgan fingerprint density at radius 1 is 0.305 bits per heavy atom. The van der Waals surface area contributed by atoms with Crippen LogP contribution in [-0.4, -0.2) is 16.1 Å². The van der Waals surface area contributed by atoms with Crippen LogP contribution in [0.3, 0.4) is 0 Å². The molecule has 4 nitrogen and oxygen atoms in total. The summed E-state index contributed by atoms with van der Waals surface area (Å²) in [5.41, 5.74) is 22.2. The van der Waals surface area contributed by atoms with Crippen molar-refractivity contribution in [3.05, 3.63) is 312 Å². The van der Waals surface area contributed by atoms with Crippen molar-refractivity contribution in [2.75, 3.05) is 9.80 Å². The predicted molar refractivity (Wildman–Crippen MR) is 408 cm³/mol. The third-order valence-corrected chi connectivity index (χ3v) is 28.3. The molecule has 0 atom stereocenters. The lowest BCUT2D eigenvalue weighted by atomic mass is 9.70. The van der Waals surface area contributed by atoms with E-state index in [4.69, 9.17) is 8.83 Å². The highest BCUT2D eigenvalue weighted by atomic mass is 28.3. The summed E-state index contributed by atoms with van der Waals surface area (Å²) < 4.78 is 14.1. The maximum absolute atomic E-state index is 7.07. The molecule has 17 rings (SSSR count). The average Bonchev–Trinajstić information content (AvgIpc) is 1.51. The maximum atomic E-state index is 7.07. The van der Waals surface area contributed by atoms with Gasteiger partial charge in [0.15, 0.2) is 0 Å². The van der Waals surface area contributed by atoms with Gasteiger partial charge < -0.3 is 18.6 Å².